The summed E-state index contributed by atoms with van der Waals surface area (Å²) in [6, 6.07) is 6.44. The van der Waals surface area contributed by atoms with E-state index in [-0.39, 0.29) is 11.3 Å². The van der Waals surface area contributed by atoms with Gasteiger partial charge in [-0.25, -0.2) is 0 Å². The first-order valence-electron chi connectivity index (χ1n) is 8.37. The lowest BCUT2D eigenvalue weighted by Gasteiger charge is -2.36. The van der Waals surface area contributed by atoms with Crippen molar-refractivity contribution in [3.8, 4) is 0 Å². The lowest BCUT2D eigenvalue weighted by atomic mass is 9.74. The van der Waals surface area contributed by atoms with Crippen LogP contribution in [0.2, 0.25) is 0 Å². The molecule has 2 N–H and O–H groups in total. The molecule has 3 nitrogen and oxygen atoms in total. The molecule has 0 aromatic heterocycles. The molecule has 1 aromatic rings. The minimum Gasteiger partial charge on any atom is -0.326 e. The molecule has 1 fully saturated rings. The Balaban J connectivity index is 1.74. The van der Waals surface area contributed by atoms with Crippen LogP contribution in [-0.4, -0.2) is 19.0 Å². The van der Waals surface area contributed by atoms with Crippen molar-refractivity contribution < 1.29 is 4.79 Å². The first kappa shape index (κ1) is 14.6. The third kappa shape index (κ3) is 2.98. The van der Waals surface area contributed by atoms with E-state index in [4.69, 9.17) is 0 Å². The van der Waals surface area contributed by atoms with E-state index < -0.39 is 0 Å². The molecule has 1 amide bonds. The van der Waals surface area contributed by atoms with Crippen LogP contribution in [0.4, 0.5) is 5.69 Å². The van der Waals surface area contributed by atoms with Crippen molar-refractivity contribution in [1.29, 1.82) is 0 Å². The summed E-state index contributed by atoms with van der Waals surface area (Å²) >= 11 is 0. The van der Waals surface area contributed by atoms with Gasteiger partial charge in [-0.2, -0.15) is 0 Å². The molecule has 0 atom stereocenters. The predicted octanol–water partition coefficient (Wildman–Crippen LogP) is 3.28. The van der Waals surface area contributed by atoms with Gasteiger partial charge in [-0.1, -0.05) is 19.4 Å². The van der Waals surface area contributed by atoms with Crippen LogP contribution < -0.4 is 10.6 Å². The van der Waals surface area contributed by atoms with Gasteiger partial charge in [0.15, 0.2) is 0 Å². The van der Waals surface area contributed by atoms with Gasteiger partial charge in [0.1, 0.15) is 0 Å². The number of benzene rings is 1. The second-order valence-electron chi connectivity index (χ2n) is 6.57. The fourth-order valence-corrected chi connectivity index (χ4v) is 3.89. The minimum atomic E-state index is -0.168. The van der Waals surface area contributed by atoms with Crippen LogP contribution in [0, 0.1) is 5.41 Å². The Labute approximate surface area is 127 Å². The maximum absolute atomic E-state index is 12.8. The molecule has 0 saturated carbocycles. The molecule has 2 aliphatic rings. The number of hydrogen-bond donors (Lipinski definition) is 2. The number of aryl methyl sites for hydroxylation is 2. The summed E-state index contributed by atoms with van der Waals surface area (Å²) in [5, 5.41) is 6.57. The van der Waals surface area contributed by atoms with Gasteiger partial charge < -0.3 is 10.6 Å². The highest BCUT2D eigenvalue weighted by atomic mass is 16.2. The zero-order valence-corrected chi connectivity index (χ0v) is 13.0. The summed E-state index contributed by atoms with van der Waals surface area (Å²) in [6.07, 6.45) is 7.56. The molecular weight excluding hydrogens is 260 g/mol. The van der Waals surface area contributed by atoms with E-state index in [1.165, 1.54) is 24.0 Å². The first-order valence-corrected chi connectivity index (χ1v) is 8.37. The second kappa shape index (κ2) is 6.18. The highest BCUT2D eigenvalue weighted by Crippen LogP contribution is 2.35. The molecule has 1 heterocycles. The number of hydrogen-bond acceptors (Lipinski definition) is 2. The summed E-state index contributed by atoms with van der Waals surface area (Å²) in [5.41, 5.74) is 3.69. The molecule has 0 spiro atoms. The Kier molecular flexibility index (Phi) is 4.29. The van der Waals surface area contributed by atoms with Crippen molar-refractivity contribution in [3.05, 3.63) is 29.3 Å². The van der Waals surface area contributed by atoms with Crippen LogP contribution in [-0.2, 0) is 17.6 Å². The lowest BCUT2D eigenvalue weighted by Crippen LogP contribution is -2.44. The Morgan fingerprint density at radius 1 is 1.24 bits per heavy atom. The number of fused-ring (bicyclic) bond motifs is 1. The van der Waals surface area contributed by atoms with Gasteiger partial charge >= 0.3 is 0 Å². The highest BCUT2D eigenvalue weighted by molar-refractivity contribution is 5.95. The summed E-state index contributed by atoms with van der Waals surface area (Å²) in [6.45, 7) is 4.08. The van der Waals surface area contributed by atoms with Crippen molar-refractivity contribution in [2.45, 2.75) is 51.9 Å². The van der Waals surface area contributed by atoms with Crippen LogP contribution in [0.25, 0.3) is 0 Å². The topological polar surface area (TPSA) is 41.1 Å². The van der Waals surface area contributed by atoms with E-state index in [1.54, 1.807) is 0 Å². The van der Waals surface area contributed by atoms with Gasteiger partial charge in [0.2, 0.25) is 5.91 Å². The molecule has 3 heteroatoms. The van der Waals surface area contributed by atoms with Crippen LogP contribution in [0.15, 0.2) is 18.2 Å². The van der Waals surface area contributed by atoms with Gasteiger partial charge in [0.05, 0.1) is 5.41 Å². The molecule has 114 valence electrons. The van der Waals surface area contributed by atoms with E-state index in [0.29, 0.717) is 0 Å². The number of carbonyl (C=O) groups is 1. The molecule has 0 bridgehead atoms. The number of carbonyl (C=O) groups excluding carboxylic acids is 1. The summed E-state index contributed by atoms with van der Waals surface area (Å²) < 4.78 is 0. The Hall–Kier alpha value is -1.35. The Morgan fingerprint density at radius 3 is 2.76 bits per heavy atom. The maximum atomic E-state index is 12.8. The van der Waals surface area contributed by atoms with Gasteiger partial charge in [0, 0.05) is 5.69 Å². The molecule has 1 saturated heterocycles. The molecular formula is C18H26N2O. The van der Waals surface area contributed by atoms with Gasteiger partial charge in [-0.15, -0.1) is 0 Å². The van der Waals surface area contributed by atoms with Crippen molar-refractivity contribution in [2.24, 2.45) is 5.41 Å². The number of anilines is 1. The highest BCUT2D eigenvalue weighted by Gasteiger charge is 2.38. The van der Waals surface area contributed by atoms with E-state index in [2.05, 4.69) is 35.8 Å². The third-order valence-electron chi connectivity index (χ3n) is 5.13. The Morgan fingerprint density at radius 2 is 2.00 bits per heavy atom. The van der Waals surface area contributed by atoms with Crippen LogP contribution in [0.1, 0.15) is 50.2 Å². The standard InChI is InChI=1S/C18H26N2O/c1-2-8-18(9-11-19-12-10-18)17(21)20-16-7-6-14-4-3-5-15(14)13-16/h6-7,13,19H,2-5,8-12H2,1H3,(H,20,21). The largest absolute Gasteiger partial charge is 0.326 e. The van der Waals surface area contributed by atoms with Gasteiger partial charge in [-0.05, 0) is 74.9 Å². The number of rotatable bonds is 4. The zero-order chi connectivity index (χ0) is 14.7. The van der Waals surface area contributed by atoms with Crippen LogP contribution in [0.3, 0.4) is 0 Å². The van der Waals surface area contributed by atoms with Gasteiger partial charge in [0.25, 0.3) is 0 Å². The van der Waals surface area contributed by atoms with Gasteiger partial charge in [-0.3, -0.25) is 4.79 Å². The monoisotopic (exact) mass is 286 g/mol. The summed E-state index contributed by atoms with van der Waals surface area (Å²) in [7, 11) is 0. The number of nitrogens with one attached hydrogen (secondary N) is 2. The molecule has 3 rings (SSSR count). The first-order chi connectivity index (χ1) is 10.2. The molecule has 1 aliphatic heterocycles. The molecule has 0 unspecified atom stereocenters. The summed E-state index contributed by atoms with van der Waals surface area (Å²) in [4.78, 5) is 12.8. The SMILES string of the molecule is CCCC1(C(=O)Nc2ccc3c(c2)CCC3)CCNCC1. The minimum absolute atomic E-state index is 0.168. The molecule has 21 heavy (non-hydrogen) atoms. The maximum Gasteiger partial charge on any atom is 0.230 e. The predicted molar refractivity (Wildman–Crippen MR) is 86.5 cm³/mol. The fourth-order valence-electron chi connectivity index (χ4n) is 3.89. The zero-order valence-electron chi connectivity index (χ0n) is 13.0. The average molecular weight is 286 g/mol. The Bertz CT molecular complexity index is 512. The van der Waals surface area contributed by atoms with E-state index in [9.17, 15) is 4.79 Å². The van der Waals surface area contributed by atoms with Crippen LogP contribution >= 0.6 is 0 Å². The quantitative estimate of drug-likeness (QED) is 0.892. The van der Waals surface area contributed by atoms with Crippen molar-refractivity contribution in [3.63, 3.8) is 0 Å². The van der Waals surface area contributed by atoms with E-state index in [1.807, 2.05) is 0 Å². The van der Waals surface area contributed by atoms with E-state index >= 15 is 0 Å². The van der Waals surface area contributed by atoms with Crippen LogP contribution in [0.5, 0.6) is 0 Å². The average Bonchev–Trinajstić information content (AvgIpc) is 2.96. The molecule has 1 aliphatic carbocycles. The molecule has 1 aromatic carbocycles. The smallest absolute Gasteiger partial charge is 0.230 e. The lowest BCUT2D eigenvalue weighted by molar-refractivity contribution is -0.127. The fraction of sp³-hybridized carbons (Fsp3) is 0.611. The third-order valence-corrected chi connectivity index (χ3v) is 5.13. The van der Waals surface area contributed by atoms with Crippen molar-refractivity contribution in [1.82, 2.24) is 5.32 Å². The van der Waals surface area contributed by atoms with E-state index in [0.717, 1.165) is 50.9 Å². The number of amides is 1. The second-order valence-corrected chi connectivity index (χ2v) is 6.57. The molecule has 0 radical (unpaired) electrons. The normalized spacial score (nSPS) is 20.0. The van der Waals surface area contributed by atoms with Crippen molar-refractivity contribution in [2.75, 3.05) is 18.4 Å². The van der Waals surface area contributed by atoms with Crippen molar-refractivity contribution >= 4 is 11.6 Å². The number of piperidine rings is 1. The summed E-state index contributed by atoms with van der Waals surface area (Å²) in [5.74, 6) is 0.226.